The summed E-state index contributed by atoms with van der Waals surface area (Å²) in [7, 11) is -3.56. The average molecular weight is 364 g/mol. The number of anilines is 1. The zero-order chi connectivity index (χ0) is 17.7. The van der Waals surface area contributed by atoms with E-state index in [0.29, 0.717) is 5.56 Å². The standard InChI is InChI=1S/C17H20N2O3S2/c1-12(2)19-24(21,22)14-10-8-13(9-11-14)17(20)18-15-6-4-5-7-16(15)23-3/h4-12,19H,1-3H3,(H,18,20). The van der Waals surface area contributed by atoms with Gasteiger partial charge in [0, 0.05) is 16.5 Å². The maximum Gasteiger partial charge on any atom is 0.255 e. The molecule has 2 aromatic rings. The van der Waals surface area contributed by atoms with Gasteiger partial charge in [-0.05, 0) is 56.5 Å². The molecule has 7 heteroatoms. The molecule has 0 atom stereocenters. The van der Waals surface area contributed by atoms with Gasteiger partial charge in [0.25, 0.3) is 5.91 Å². The van der Waals surface area contributed by atoms with Crippen LogP contribution in [0.4, 0.5) is 5.69 Å². The first-order valence-corrected chi connectivity index (χ1v) is 10.1. The van der Waals surface area contributed by atoms with Gasteiger partial charge in [-0.3, -0.25) is 4.79 Å². The predicted molar refractivity (Wildman–Crippen MR) is 98.1 cm³/mol. The van der Waals surface area contributed by atoms with E-state index < -0.39 is 10.0 Å². The third kappa shape index (κ3) is 4.59. The molecule has 0 aliphatic carbocycles. The van der Waals surface area contributed by atoms with Crippen LogP contribution in [0.25, 0.3) is 0 Å². The molecular weight excluding hydrogens is 344 g/mol. The monoisotopic (exact) mass is 364 g/mol. The van der Waals surface area contributed by atoms with Crippen LogP contribution in [0.5, 0.6) is 0 Å². The lowest BCUT2D eigenvalue weighted by Gasteiger charge is -2.11. The molecule has 0 radical (unpaired) electrons. The van der Waals surface area contributed by atoms with Crippen molar-refractivity contribution in [1.29, 1.82) is 0 Å². The van der Waals surface area contributed by atoms with Crippen molar-refractivity contribution in [3.05, 3.63) is 54.1 Å². The molecule has 0 aliphatic rings. The Labute approximate surface area is 146 Å². The van der Waals surface area contributed by atoms with Gasteiger partial charge in [-0.15, -0.1) is 11.8 Å². The van der Waals surface area contributed by atoms with Crippen LogP contribution in [-0.2, 0) is 10.0 Å². The van der Waals surface area contributed by atoms with E-state index in [9.17, 15) is 13.2 Å². The molecule has 0 spiro atoms. The summed E-state index contributed by atoms with van der Waals surface area (Å²) >= 11 is 1.54. The molecule has 2 rings (SSSR count). The quantitative estimate of drug-likeness (QED) is 0.771. The molecule has 0 bridgehead atoms. The van der Waals surface area contributed by atoms with Crippen molar-refractivity contribution >= 4 is 33.4 Å². The Morgan fingerprint density at radius 1 is 1.04 bits per heavy atom. The zero-order valence-corrected chi connectivity index (χ0v) is 15.4. The Bertz CT molecular complexity index is 816. The highest BCUT2D eigenvalue weighted by molar-refractivity contribution is 7.98. The van der Waals surface area contributed by atoms with Crippen LogP contribution in [0.15, 0.2) is 58.3 Å². The fourth-order valence-corrected chi connectivity index (χ4v) is 3.91. The van der Waals surface area contributed by atoms with Gasteiger partial charge in [-0.2, -0.15) is 0 Å². The smallest absolute Gasteiger partial charge is 0.255 e. The van der Waals surface area contributed by atoms with Crippen molar-refractivity contribution in [3.63, 3.8) is 0 Å². The number of thioether (sulfide) groups is 1. The molecule has 24 heavy (non-hydrogen) atoms. The van der Waals surface area contributed by atoms with E-state index in [2.05, 4.69) is 10.0 Å². The number of carbonyl (C=O) groups is 1. The molecule has 1 amide bonds. The predicted octanol–water partition coefficient (Wildman–Crippen LogP) is 3.35. The number of benzene rings is 2. The van der Waals surface area contributed by atoms with Crippen LogP contribution in [-0.4, -0.2) is 26.6 Å². The maximum absolute atomic E-state index is 12.3. The van der Waals surface area contributed by atoms with E-state index in [1.54, 1.807) is 25.6 Å². The van der Waals surface area contributed by atoms with Crippen LogP contribution in [0.2, 0.25) is 0 Å². The normalized spacial score (nSPS) is 11.5. The van der Waals surface area contributed by atoms with E-state index in [1.165, 1.54) is 24.3 Å². The first kappa shape index (κ1) is 18.5. The number of sulfonamides is 1. The molecule has 0 saturated carbocycles. The van der Waals surface area contributed by atoms with Gasteiger partial charge in [0.2, 0.25) is 10.0 Å². The second-order valence-electron chi connectivity index (χ2n) is 5.45. The van der Waals surface area contributed by atoms with Gasteiger partial charge >= 0.3 is 0 Å². The van der Waals surface area contributed by atoms with Crippen molar-refractivity contribution in [2.24, 2.45) is 0 Å². The van der Waals surface area contributed by atoms with Crippen molar-refractivity contribution in [2.45, 2.75) is 29.7 Å². The van der Waals surface area contributed by atoms with Crippen LogP contribution in [0, 0.1) is 0 Å². The molecule has 0 heterocycles. The summed E-state index contributed by atoms with van der Waals surface area (Å²) in [6.07, 6.45) is 1.94. The van der Waals surface area contributed by atoms with Gasteiger partial charge in [0.15, 0.2) is 0 Å². The second-order valence-corrected chi connectivity index (χ2v) is 8.02. The lowest BCUT2D eigenvalue weighted by Crippen LogP contribution is -2.30. The largest absolute Gasteiger partial charge is 0.321 e. The van der Waals surface area contributed by atoms with E-state index >= 15 is 0 Å². The van der Waals surface area contributed by atoms with Gasteiger partial charge in [-0.1, -0.05) is 12.1 Å². The highest BCUT2D eigenvalue weighted by Crippen LogP contribution is 2.25. The minimum Gasteiger partial charge on any atom is -0.321 e. The minimum absolute atomic E-state index is 0.136. The lowest BCUT2D eigenvalue weighted by atomic mass is 10.2. The number of nitrogens with one attached hydrogen (secondary N) is 2. The Hall–Kier alpha value is -1.83. The molecule has 2 aromatic carbocycles. The minimum atomic E-state index is -3.56. The third-order valence-corrected chi connectivity index (χ3v) is 5.64. The fourth-order valence-electron chi connectivity index (χ4n) is 2.11. The highest BCUT2D eigenvalue weighted by Gasteiger charge is 2.16. The van der Waals surface area contributed by atoms with E-state index in [0.717, 1.165) is 10.6 Å². The van der Waals surface area contributed by atoms with Gasteiger partial charge in [-0.25, -0.2) is 13.1 Å². The summed E-state index contributed by atoms with van der Waals surface area (Å²) in [5.41, 5.74) is 1.13. The molecule has 0 fully saturated rings. The van der Waals surface area contributed by atoms with Crippen LogP contribution in [0.1, 0.15) is 24.2 Å². The van der Waals surface area contributed by atoms with Crippen LogP contribution in [0.3, 0.4) is 0 Å². The summed E-state index contributed by atoms with van der Waals surface area (Å²) in [5.74, 6) is -0.280. The van der Waals surface area contributed by atoms with Crippen molar-refractivity contribution < 1.29 is 13.2 Å². The van der Waals surface area contributed by atoms with Crippen LogP contribution >= 0.6 is 11.8 Å². The number of carbonyl (C=O) groups excluding carboxylic acids is 1. The maximum atomic E-state index is 12.3. The third-order valence-electron chi connectivity index (χ3n) is 3.17. The molecule has 0 unspecified atom stereocenters. The Balaban J connectivity index is 2.17. The molecular formula is C17H20N2O3S2. The Kier molecular flexibility index (Phi) is 6.04. The average Bonchev–Trinajstić information content (AvgIpc) is 2.54. The topological polar surface area (TPSA) is 75.3 Å². The summed E-state index contributed by atoms with van der Waals surface area (Å²) in [4.78, 5) is 13.4. The van der Waals surface area contributed by atoms with Crippen LogP contribution < -0.4 is 10.0 Å². The SMILES string of the molecule is CSc1ccccc1NC(=O)c1ccc(S(=O)(=O)NC(C)C)cc1. The van der Waals surface area contributed by atoms with Gasteiger partial charge in [0.05, 0.1) is 10.6 Å². The number of para-hydroxylation sites is 1. The number of amides is 1. The highest BCUT2D eigenvalue weighted by atomic mass is 32.2. The summed E-state index contributed by atoms with van der Waals surface area (Å²) in [6, 6.07) is 13.2. The summed E-state index contributed by atoms with van der Waals surface area (Å²) in [6.45, 7) is 3.51. The molecule has 0 aliphatic heterocycles. The van der Waals surface area contributed by atoms with Gasteiger partial charge < -0.3 is 5.32 Å². The second kappa shape index (κ2) is 7.83. The fraction of sp³-hybridized carbons (Fsp3) is 0.235. The number of hydrogen-bond donors (Lipinski definition) is 2. The van der Waals surface area contributed by atoms with Crippen molar-refractivity contribution in [3.8, 4) is 0 Å². The Morgan fingerprint density at radius 3 is 2.25 bits per heavy atom. The summed E-state index contributed by atoms with van der Waals surface area (Å²) < 4.78 is 26.7. The first-order chi connectivity index (χ1) is 11.3. The zero-order valence-electron chi connectivity index (χ0n) is 13.7. The van der Waals surface area contributed by atoms with Crippen molar-refractivity contribution in [1.82, 2.24) is 4.72 Å². The number of hydrogen-bond acceptors (Lipinski definition) is 4. The number of rotatable bonds is 6. The Morgan fingerprint density at radius 2 is 1.67 bits per heavy atom. The first-order valence-electron chi connectivity index (χ1n) is 7.40. The molecule has 128 valence electrons. The molecule has 2 N–H and O–H groups in total. The van der Waals surface area contributed by atoms with E-state index in [4.69, 9.17) is 0 Å². The summed E-state index contributed by atoms with van der Waals surface area (Å²) in [5, 5.41) is 2.84. The molecule has 0 aromatic heterocycles. The molecule has 5 nitrogen and oxygen atoms in total. The van der Waals surface area contributed by atoms with E-state index in [-0.39, 0.29) is 16.8 Å². The van der Waals surface area contributed by atoms with Crippen molar-refractivity contribution in [2.75, 3.05) is 11.6 Å². The lowest BCUT2D eigenvalue weighted by molar-refractivity contribution is 0.102. The molecule has 0 saturated heterocycles. The van der Waals surface area contributed by atoms with Gasteiger partial charge in [0.1, 0.15) is 0 Å². The van der Waals surface area contributed by atoms with E-state index in [1.807, 2.05) is 30.5 Å².